The van der Waals surface area contributed by atoms with E-state index in [0.29, 0.717) is 6.42 Å². The molecule has 0 spiro atoms. The third kappa shape index (κ3) is 3.71. The lowest BCUT2D eigenvalue weighted by atomic mass is 10.1. The Morgan fingerprint density at radius 2 is 2.22 bits per heavy atom. The van der Waals surface area contributed by atoms with Crippen molar-refractivity contribution in [3.05, 3.63) is 28.2 Å². The van der Waals surface area contributed by atoms with Crippen molar-refractivity contribution < 1.29 is 9.53 Å². The molecule has 0 saturated carbocycles. The van der Waals surface area contributed by atoms with E-state index in [9.17, 15) is 4.79 Å². The molecule has 3 N–H and O–H groups in total. The van der Waals surface area contributed by atoms with Crippen LogP contribution in [-0.2, 0) is 4.79 Å². The first kappa shape index (κ1) is 15.0. The Kier molecular flexibility index (Phi) is 5.62. The van der Waals surface area contributed by atoms with E-state index in [1.807, 2.05) is 32.0 Å². The van der Waals surface area contributed by atoms with E-state index in [1.54, 1.807) is 7.11 Å². The zero-order chi connectivity index (χ0) is 13.7. The van der Waals surface area contributed by atoms with Gasteiger partial charge in [-0.2, -0.15) is 0 Å². The lowest BCUT2D eigenvalue weighted by molar-refractivity contribution is -0.123. The van der Waals surface area contributed by atoms with Crippen LogP contribution in [0.15, 0.2) is 22.7 Å². The number of nitrogens with one attached hydrogen (secondary N) is 1. The van der Waals surface area contributed by atoms with Gasteiger partial charge in [0.1, 0.15) is 5.75 Å². The van der Waals surface area contributed by atoms with E-state index in [4.69, 9.17) is 10.5 Å². The minimum absolute atomic E-state index is 0.0858. The SMILES string of the molecule is CC[C@H](N)C(=O)NC(C)c1ccc(OC)c(Br)c1. The Bertz CT molecular complexity index is 423. The van der Waals surface area contributed by atoms with Crippen LogP contribution < -0.4 is 15.8 Å². The largest absolute Gasteiger partial charge is 0.496 e. The van der Waals surface area contributed by atoms with Crippen LogP contribution in [0.5, 0.6) is 5.75 Å². The molecule has 2 atom stereocenters. The van der Waals surface area contributed by atoms with Gasteiger partial charge in [-0.1, -0.05) is 13.0 Å². The predicted molar refractivity (Wildman–Crippen MR) is 75.5 cm³/mol. The van der Waals surface area contributed by atoms with Crippen molar-refractivity contribution in [2.24, 2.45) is 5.73 Å². The molecule has 1 aromatic rings. The lowest BCUT2D eigenvalue weighted by Crippen LogP contribution is -2.41. The maximum atomic E-state index is 11.7. The number of nitrogens with two attached hydrogens (primary N) is 1. The summed E-state index contributed by atoms with van der Waals surface area (Å²) in [5.41, 5.74) is 6.68. The van der Waals surface area contributed by atoms with Crippen molar-refractivity contribution in [1.29, 1.82) is 0 Å². The Morgan fingerprint density at radius 3 is 2.72 bits per heavy atom. The Morgan fingerprint density at radius 1 is 1.56 bits per heavy atom. The first-order valence-electron chi connectivity index (χ1n) is 5.89. The first-order chi connectivity index (χ1) is 8.49. The minimum Gasteiger partial charge on any atom is -0.496 e. The van der Waals surface area contributed by atoms with Gasteiger partial charge in [-0.25, -0.2) is 0 Å². The zero-order valence-corrected chi connectivity index (χ0v) is 12.5. The van der Waals surface area contributed by atoms with E-state index in [1.165, 1.54) is 0 Å². The molecule has 0 aliphatic carbocycles. The average molecular weight is 315 g/mol. The monoisotopic (exact) mass is 314 g/mol. The molecule has 0 heterocycles. The topological polar surface area (TPSA) is 64.4 Å². The molecule has 0 aromatic heterocycles. The smallest absolute Gasteiger partial charge is 0.237 e. The van der Waals surface area contributed by atoms with Gasteiger partial charge in [0.15, 0.2) is 0 Å². The number of methoxy groups -OCH3 is 1. The highest BCUT2D eigenvalue weighted by atomic mass is 79.9. The fourth-order valence-corrected chi connectivity index (χ4v) is 2.10. The molecular weight excluding hydrogens is 296 g/mol. The number of hydrogen-bond donors (Lipinski definition) is 2. The van der Waals surface area contributed by atoms with Gasteiger partial charge in [0, 0.05) is 0 Å². The quantitative estimate of drug-likeness (QED) is 0.877. The van der Waals surface area contributed by atoms with Crippen LogP contribution >= 0.6 is 15.9 Å². The molecule has 1 unspecified atom stereocenters. The molecule has 0 saturated heterocycles. The molecule has 4 nitrogen and oxygen atoms in total. The molecule has 1 aromatic carbocycles. The minimum atomic E-state index is -0.450. The molecule has 0 radical (unpaired) electrons. The highest BCUT2D eigenvalue weighted by Gasteiger charge is 2.15. The maximum Gasteiger partial charge on any atom is 0.237 e. The van der Waals surface area contributed by atoms with Crippen LogP contribution in [0, 0.1) is 0 Å². The molecular formula is C13H19BrN2O2. The maximum absolute atomic E-state index is 11.7. The number of rotatable bonds is 5. The average Bonchev–Trinajstić information content (AvgIpc) is 2.37. The number of amides is 1. The van der Waals surface area contributed by atoms with E-state index in [-0.39, 0.29) is 11.9 Å². The van der Waals surface area contributed by atoms with Gasteiger partial charge in [0.05, 0.1) is 23.7 Å². The number of halogens is 1. The van der Waals surface area contributed by atoms with Crippen LogP contribution in [0.3, 0.4) is 0 Å². The molecule has 0 aliphatic heterocycles. The molecule has 100 valence electrons. The van der Waals surface area contributed by atoms with Crippen molar-refractivity contribution >= 4 is 21.8 Å². The molecule has 0 fully saturated rings. The van der Waals surface area contributed by atoms with E-state index in [2.05, 4.69) is 21.2 Å². The number of carbonyl (C=O) groups excluding carboxylic acids is 1. The Hall–Kier alpha value is -1.07. The number of benzene rings is 1. The summed E-state index contributed by atoms with van der Waals surface area (Å²) in [7, 11) is 1.62. The molecule has 18 heavy (non-hydrogen) atoms. The highest BCUT2D eigenvalue weighted by Crippen LogP contribution is 2.27. The van der Waals surface area contributed by atoms with Gasteiger partial charge >= 0.3 is 0 Å². The number of ether oxygens (including phenoxy) is 1. The summed E-state index contributed by atoms with van der Waals surface area (Å²) >= 11 is 3.42. The van der Waals surface area contributed by atoms with Gasteiger partial charge in [-0.05, 0) is 47.0 Å². The summed E-state index contributed by atoms with van der Waals surface area (Å²) in [6, 6.07) is 5.18. The van der Waals surface area contributed by atoms with Crippen molar-refractivity contribution in [1.82, 2.24) is 5.32 Å². The second-order valence-electron chi connectivity index (χ2n) is 4.14. The Labute approximate surface area is 116 Å². The summed E-state index contributed by atoms with van der Waals surface area (Å²) in [6.07, 6.45) is 0.630. The standard InChI is InChI=1S/C13H19BrN2O2/c1-4-11(15)13(17)16-8(2)9-5-6-12(18-3)10(14)7-9/h5-8,11H,4,15H2,1-3H3,(H,16,17)/t8?,11-/m0/s1. The van der Waals surface area contributed by atoms with Crippen LogP contribution in [0.1, 0.15) is 31.9 Å². The van der Waals surface area contributed by atoms with Gasteiger partial charge in [-0.3, -0.25) is 4.79 Å². The van der Waals surface area contributed by atoms with Crippen LogP contribution in [0.4, 0.5) is 0 Å². The highest BCUT2D eigenvalue weighted by molar-refractivity contribution is 9.10. The second-order valence-corrected chi connectivity index (χ2v) is 4.99. The van der Waals surface area contributed by atoms with E-state index in [0.717, 1.165) is 15.8 Å². The normalized spacial score (nSPS) is 13.8. The van der Waals surface area contributed by atoms with E-state index >= 15 is 0 Å². The van der Waals surface area contributed by atoms with Gasteiger partial charge in [0.2, 0.25) is 5.91 Å². The van der Waals surface area contributed by atoms with Gasteiger partial charge in [-0.15, -0.1) is 0 Å². The van der Waals surface area contributed by atoms with Crippen molar-refractivity contribution in [2.75, 3.05) is 7.11 Å². The lowest BCUT2D eigenvalue weighted by Gasteiger charge is -2.18. The van der Waals surface area contributed by atoms with Crippen LogP contribution in [-0.4, -0.2) is 19.1 Å². The predicted octanol–water partition coefficient (Wildman–Crippen LogP) is 2.37. The van der Waals surface area contributed by atoms with Crippen LogP contribution in [0.2, 0.25) is 0 Å². The zero-order valence-electron chi connectivity index (χ0n) is 10.9. The van der Waals surface area contributed by atoms with Crippen LogP contribution in [0.25, 0.3) is 0 Å². The van der Waals surface area contributed by atoms with Crippen molar-refractivity contribution in [3.63, 3.8) is 0 Å². The second kappa shape index (κ2) is 6.75. The van der Waals surface area contributed by atoms with Crippen molar-refractivity contribution in [3.8, 4) is 5.75 Å². The van der Waals surface area contributed by atoms with Gasteiger partial charge in [0.25, 0.3) is 0 Å². The fourth-order valence-electron chi connectivity index (χ4n) is 1.54. The number of carbonyl (C=O) groups is 1. The third-order valence-corrected chi connectivity index (χ3v) is 3.43. The summed E-state index contributed by atoms with van der Waals surface area (Å²) < 4.78 is 6.03. The number of hydrogen-bond acceptors (Lipinski definition) is 3. The molecule has 0 bridgehead atoms. The molecule has 1 rings (SSSR count). The molecule has 1 amide bonds. The fraction of sp³-hybridized carbons (Fsp3) is 0.462. The van der Waals surface area contributed by atoms with Crippen molar-refractivity contribution in [2.45, 2.75) is 32.4 Å². The van der Waals surface area contributed by atoms with E-state index < -0.39 is 6.04 Å². The summed E-state index contributed by atoms with van der Waals surface area (Å²) in [6.45, 7) is 3.81. The Balaban J connectivity index is 2.75. The molecule has 0 aliphatic rings. The summed E-state index contributed by atoms with van der Waals surface area (Å²) in [4.78, 5) is 11.7. The first-order valence-corrected chi connectivity index (χ1v) is 6.68. The summed E-state index contributed by atoms with van der Waals surface area (Å²) in [5, 5.41) is 2.89. The summed E-state index contributed by atoms with van der Waals surface area (Å²) in [5.74, 6) is 0.638. The molecule has 5 heteroatoms. The van der Waals surface area contributed by atoms with Gasteiger partial charge < -0.3 is 15.8 Å². The third-order valence-electron chi connectivity index (χ3n) is 2.81.